The van der Waals surface area contributed by atoms with E-state index in [0.717, 1.165) is 12.1 Å². The molecule has 1 unspecified atom stereocenters. The third kappa shape index (κ3) is 1.44. The first-order valence-corrected chi connectivity index (χ1v) is 5.22. The van der Waals surface area contributed by atoms with E-state index in [4.69, 9.17) is 0 Å². The zero-order chi connectivity index (χ0) is 11.2. The van der Waals surface area contributed by atoms with Gasteiger partial charge >= 0.3 is 0 Å². The van der Waals surface area contributed by atoms with Gasteiger partial charge in [0, 0.05) is 26.2 Å². The molecule has 82 valence electrons. The van der Waals surface area contributed by atoms with Gasteiger partial charge in [0.25, 0.3) is 0 Å². The van der Waals surface area contributed by atoms with Crippen LogP contribution in [-0.4, -0.2) is 27.5 Å². The predicted molar refractivity (Wildman–Crippen MR) is 60.8 cm³/mol. The van der Waals surface area contributed by atoms with Crippen molar-refractivity contribution in [2.45, 2.75) is 32.7 Å². The number of rotatable bonds is 1. The standard InChI is InChI=1S/C11H18N4/c1-8-6-10(14(4)12-8)11(3)7-9(2)13-15(11)5/h6H,7H2,1-5H3. The highest BCUT2D eigenvalue weighted by Crippen LogP contribution is 2.35. The molecule has 0 fully saturated rings. The average molecular weight is 206 g/mol. The van der Waals surface area contributed by atoms with Crippen molar-refractivity contribution in [3.8, 4) is 0 Å². The molecular formula is C11H18N4. The minimum atomic E-state index is -0.0416. The maximum absolute atomic E-state index is 4.48. The van der Waals surface area contributed by atoms with Crippen LogP contribution < -0.4 is 0 Å². The minimum Gasteiger partial charge on any atom is -0.288 e. The molecule has 1 atom stereocenters. The van der Waals surface area contributed by atoms with Crippen molar-refractivity contribution in [2.75, 3.05) is 7.05 Å². The molecule has 0 saturated heterocycles. The number of aryl methyl sites for hydroxylation is 2. The Balaban J connectivity index is 2.43. The van der Waals surface area contributed by atoms with Crippen LogP contribution in [0, 0.1) is 6.92 Å². The summed E-state index contributed by atoms with van der Waals surface area (Å²) in [6.45, 7) is 6.31. The molecule has 4 nitrogen and oxygen atoms in total. The lowest BCUT2D eigenvalue weighted by Gasteiger charge is -2.31. The highest BCUT2D eigenvalue weighted by molar-refractivity contribution is 5.84. The van der Waals surface area contributed by atoms with Crippen molar-refractivity contribution in [3.05, 3.63) is 17.5 Å². The van der Waals surface area contributed by atoms with Gasteiger partial charge in [0.2, 0.25) is 0 Å². The molecule has 2 rings (SSSR count). The van der Waals surface area contributed by atoms with Crippen LogP contribution in [0.3, 0.4) is 0 Å². The van der Waals surface area contributed by atoms with E-state index < -0.39 is 0 Å². The summed E-state index contributed by atoms with van der Waals surface area (Å²) in [6.07, 6.45) is 0.975. The molecule has 0 amide bonds. The molecule has 4 heteroatoms. The number of hydrogen-bond donors (Lipinski definition) is 0. The van der Waals surface area contributed by atoms with E-state index in [1.165, 1.54) is 11.4 Å². The monoisotopic (exact) mass is 206 g/mol. The van der Waals surface area contributed by atoms with Gasteiger partial charge in [-0.3, -0.25) is 9.69 Å². The van der Waals surface area contributed by atoms with Gasteiger partial charge in [0.05, 0.1) is 11.4 Å². The van der Waals surface area contributed by atoms with Gasteiger partial charge < -0.3 is 0 Å². The number of nitrogens with zero attached hydrogens (tertiary/aromatic N) is 4. The molecule has 1 aliphatic rings. The second-order valence-corrected chi connectivity index (χ2v) is 4.60. The van der Waals surface area contributed by atoms with Crippen LogP contribution >= 0.6 is 0 Å². The lowest BCUT2D eigenvalue weighted by Crippen LogP contribution is -2.36. The molecule has 1 aliphatic heterocycles. The predicted octanol–water partition coefficient (Wildman–Crippen LogP) is 1.66. The van der Waals surface area contributed by atoms with Crippen LogP contribution in [0.4, 0.5) is 0 Å². The van der Waals surface area contributed by atoms with E-state index in [1.807, 2.05) is 30.7 Å². The minimum absolute atomic E-state index is 0.0416. The van der Waals surface area contributed by atoms with Crippen LogP contribution in [0.25, 0.3) is 0 Å². The zero-order valence-electron chi connectivity index (χ0n) is 10.1. The third-order valence-corrected chi connectivity index (χ3v) is 3.19. The maximum Gasteiger partial charge on any atom is 0.101 e. The topological polar surface area (TPSA) is 33.4 Å². The first-order chi connectivity index (χ1) is 6.93. The molecule has 0 bridgehead atoms. The molecule has 0 N–H and O–H groups in total. The van der Waals surface area contributed by atoms with Gasteiger partial charge in [-0.25, -0.2) is 0 Å². The fraction of sp³-hybridized carbons (Fsp3) is 0.636. The van der Waals surface area contributed by atoms with E-state index in [1.54, 1.807) is 0 Å². The second kappa shape index (κ2) is 3.08. The number of hydrazone groups is 1. The largest absolute Gasteiger partial charge is 0.288 e. The molecule has 2 heterocycles. The van der Waals surface area contributed by atoms with Crippen molar-refractivity contribution in [3.63, 3.8) is 0 Å². The van der Waals surface area contributed by atoms with Gasteiger partial charge in [-0.1, -0.05) is 0 Å². The fourth-order valence-corrected chi connectivity index (χ4v) is 2.39. The van der Waals surface area contributed by atoms with Gasteiger partial charge in [-0.05, 0) is 26.8 Å². The van der Waals surface area contributed by atoms with E-state index in [0.29, 0.717) is 0 Å². The van der Waals surface area contributed by atoms with Crippen molar-refractivity contribution < 1.29 is 0 Å². The molecule has 0 aliphatic carbocycles. The molecule has 0 saturated carbocycles. The van der Waals surface area contributed by atoms with Crippen molar-refractivity contribution in [1.29, 1.82) is 0 Å². The van der Waals surface area contributed by atoms with Crippen molar-refractivity contribution in [1.82, 2.24) is 14.8 Å². The summed E-state index contributed by atoms with van der Waals surface area (Å²) < 4.78 is 1.96. The molecule has 0 radical (unpaired) electrons. The summed E-state index contributed by atoms with van der Waals surface area (Å²) >= 11 is 0. The summed E-state index contributed by atoms with van der Waals surface area (Å²) in [5, 5.41) is 10.9. The quantitative estimate of drug-likeness (QED) is 0.700. The number of aromatic nitrogens is 2. The van der Waals surface area contributed by atoms with E-state index in [2.05, 4.69) is 30.1 Å². The van der Waals surface area contributed by atoms with Crippen LogP contribution in [-0.2, 0) is 12.6 Å². The molecular weight excluding hydrogens is 188 g/mol. The first-order valence-electron chi connectivity index (χ1n) is 5.22. The fourth-order valence-electron chi connectivity index (χ4n) is 2.39. The Hall–Kier alpha value is -1.32. The van der Waals surface area contributed by atoms with Crippen LogP contribution in [0.1, 0.15) is 31.7 Å². The molecule has 0 spiro atoms. The third-order valence-electron chi connectivity index (χ3n) is 3.19. The Bertz CT molecular complexity index is 418. The average Bonchev–Trinajstić information content (AvgIpc) is 2.55. The summed E-state index contributed by atoms with van der Waals surface area (Å²) in [6, 6.07) is 2.14. The first kappa shape index (κ1) is 10.2. The van der Waals surface area contributed by atoms with Crippen LogP contribution in [0.5, 0.6) is 0 Å². The zero-order valence-corrected chi connectivity index (χ0v) is 10.1. The van der Waals surface area contributed by atoms with E-state index >= 15 is 0 Å². The summed E-state index contributed by atoms with van der Waals surface area (Å²) in [4.78, 5) is 0. The summed E-state index contributed by atoms with van der Waals surface area (Å²) in [5.74, 6) is 0. The number of hydrogen-bond acceptors (Lipinski definition) is 3. The highest BCUT2D eigenvalue weighted by Gasteiger charge is 2.38. The van der Waals surface area contributed by atoms with E-state index in [9.17, 15) is 0 Å². The van der Waals surface area contributed by atoms with Crippen LogP contribution in [0.15, 0.2) is 11.2 Å². The smallest absolute Gasteiger partial charge is 0.101 e. The molecule has 0 aromatic carbocycles. The Labute approximate surface area is 90.6 Å². The van der Waals surface area contributed by atoms with Gasteiger partial charge in [-0.2, -0.15) is 10.2 Å². The lowest BCUT2D eigenvalue weighted by molar-refractivity contribution is 0.163. The van der Waals surface area contributed by atoms with Crippen molar-refractivity contribution in [2.24, 2.45) is 12.1 Å². The lowest BCUT2D eigenvalue weighted by atomic mass is 9.92. The second-order valence-electron chi connectivity index (χ2n) is 4.60. The van der Waals surface area contributed by atoms with Crippen molar-refractivity contribution >= 4 is 5.71 Å². The van der Waals surface area contributed by atoms with Gasteiger partial charge in [0.15, 0.2) is 0 Å². The summed E-state index contributed by atoms with van der Waals surface area (Å²) in [5.41, 5.74) is 3.42. The SMILES string of the molecule is CC1=NN(C)C(C)(c2cc(C)nn2C)C1. The Morgan fingerprint density at radius 3 is 2.40 bits per heavy atom. The Morgan fingerprint density at radius 2 is 2.00 bits per heavy atom. The summed E-state index contributed by atoms with van der Waals surface area (Å²) in [7, 11) is 4.02. The normalized spacial score (nSPS) is 25.9. The highest BCUT2D eigenvalue weighted by atomic mass is 15.5. The van der Waals surface area contributed by atoms with Gasteiger partial charge in [0.1, 0.15) is 5.54 Å². The molecule has 1 aromatic heterocycles. The molecule has 15 heavy (non-hydrogen) atoms. The maximum atomic E-state index is 4.48. The Kier molecular flexibility index (Phi) is 2.10. The van der Waals surface area contributed by atoms with Crippen LogP contribution in [0.2, 0.25) is 0 Å². The van der Waals surface area contributed by atoms with Gasteiger partial charge in [-0.15, -0.1) is 0 Å². The molecule has 1 aromatic rings. The van der Waals surface area contributed by atoms with E-state index in [-0.39, 0.29) is 5.54 Å². The Morgan fingerprint density at radius 1 is 1.33 bits per heavy atom.